The van der Waals surface area contributed by atoms with Gasteiger partial charge in [0.1, 0.15) is 5.70 Å². The van der Waals surface area contributed by atoms with Crippen LogP contribution >= 0.6 is 15.9 Å². The van der Waals surface area contributed by atoms with Crippen LogP contribution in [-0.4, -0.2) is 21.8 Å². The standard InChI is InChI=1S/C24H29BrN4O2/c1-2-17-10-12-18(13-11-17)16-20(25)21(23(31)29-24-26-14-7-15-27-24)28-22(30)19-8-5-3-4-6-9-19/h7,10-15,19H,2-6,8-9,16H2,1H3,(H,28,30)(H,26,27,29,31)/b21-20+. The number of nitrogens with one attached hydrogen (secondary N) is 2. The predicted molar refractivity (Wildman–Crippen MR) is 125 cm³/mol. The van der Waals surface area contributed by atoms with E-state index >= 15 is 0 Å². The van der Waals surface area contributed by atoms with Crippen LogP contribution < -0.4 is 10.6 Å². The molecule has 0 unspecified atom stereocenters. The number of nitrogens with zero attached hydrogens (tertiary/aromatic N) is 2. The molecular weight excluding hydrogens is 456 g/mol. The molecule has 0 spiro atoms. The molecule has 1 fully saturated rings. The lowest BCUT2D eigenvalue weighted by molar-refractivity contribution is -0.126. The highest BCUT2D eigenvalue weighted by Crippen LogP contribution is 2.24. The normalized spacial score (nSPS) is 15.5. The van der Waals surface area contributed by atoms with Crippen molar-refractivity contribution in [3.05, 3.63) is 64.0 Å². The first-order valence-electron chi connectivity index (χ1n) is 10.9. The molecule has 2 amide bonds. The Labute approximate surface area is 192 Å². The summed E-state index contributed by atoms with van der Waals surface area (Å²) in [7, 11) is 0. The molecule has 0 atom stereocenters. The largest absolute Gasteiger partial charge is 0.321 e. The molecule has 0 radical (unpaired) electrons. The van der Waals surface area contributed by atoms with Gasteiger partial charge in [-0.1, -0.05) is 72.8 Å². The van der Waals surface area contributed by atoms with Crippen LogP contribution in [0.5, 0.6) is 0 Å². The molecule has 1 aromatic heterocycles. The van der Waals surface area contributed by atoms with E-state index in [2.05, 4.69) is 55.6 Å². The molecule has 0 aliphatic heterocycles. The Morgan fingerprint density at radius 1 is 1.00 bits per heavy atom. The number of benzene rings is 1. The number of hydrogen-bond donors (Lipinski definition) is 2. The van der Waals surface area contributed by atoms with E-state index in [0.29, 0.717) is 10.9 Å². The summed E-state index contributed by atoms with van der Waals surface area (Å²) >= 11 is 3.56. The summed E-state index contributed by atoms with van der Waals surface area (Å²) in [6, 6.07) is 9.93. The number of carbonyl (C=O) groups excluding carboxylic acids is 2. The fraction of sp³-hybridized carbons (Fsp3) is 0.417. The van der Waals surface area contributed by atoms with Gasteiger partial charge in [-0.2, -0.15) is 0 Å². The monoisotopic (exact) mass is 484 g/mol. The van der Waals surface area contributed by atoms with Gasteiger partial charge in [0.15, 0.2) is 0 Å². The zero-order valence-corrected chi connectivity index (χ0v) is 19.5. The van der Waals surface area contributed by atoms with Gasteiger partial charge in [0, 0.05) is 29.2 Å². The number of rotatable bonds is 7. The summed E-state index contributed by atoms with van der Waals surface area (Å²) < 4.78 is 0.618. The molecular formula is C24H29BrN4O2. The second-order valence-corrected chi connectivity index (χ2v) is 8.79. The van der Waals surface area contributed by atoms with Crippen molar-refractivity contribution in [2.75, 3.05) is 5.32 Å². The van der Waals surface area contributed by atoms with Gasteiger partial charge in [-0.3, -0.25) is 14.9 Å². The van der Waals surface area contributed by atoms with E-state index in [1.54, 1.807) is 18.5 Å². The number of hydrogen-bond acceptors (Lipinski definition) is 4. The highest BCUT2D eigenvalue weighted by atomic mass is 79.9. The van der Waals surface area contributed by atoms with E-state index < -0.39 is 5.91 Å². The van der Waals surface area contributed by atoms with Crippen LogP contribution in [0.3, 0.4) is 0 Å². The Balaban J connectivity index is 1.81. The minimum absolute atomic E-state index is 0.0672. The van der Waals surface area contributed by atoms with Gasteiger partial charge in [0.25, 0.3) is 5.91 Å². The Hall–Kier alpha value is -2.54. The molecule has 2 aromatic rings. The van der Waals surface area contributed by atoms with Crippen molar-refractivity contribution in [2.24, 2.45) is 5.92 Å². The maximum absolute atomic E-state index is 13.0. The average molecular weight is 485 g/mol. The van der Waals surface area contributed by atoms with Crippen molar-refractivity contribution in [1.82, 2.24) is 15.3 Å². The first kappa shape index (κ1) is 23.1. The smallest absolute Gasteiger partial charge is 0.275 e. The molecule has 3 rings (SSSR count). The Kier molecular flexibility index (Phi) is 8.76. The Morgan fingerprint density at radius 2 is 1.61 bits per heavy atom. The van der Waals surface area contributed by atoms with Crippen LogP contribution in [0.25, 0.3) is 0 Å². The van der Waals surface area contributed by atoms with Crippen LogP contribution in [0, 0.1) is 5.92 Å². The molecule has 164 valence electrons. The van der Waals surface area contributed by atoms with E-state index in [9.17, 15) is 9.59 Å². The van der Waals surface area contributed by atoms with E-state index in [4.69, 9.17) is 0 Å². The fourth-order valence-corrected chi connectivity index (χ4v) is 4.31. The minimum Gasteiger partial charge on any atom is -0.321 e. The molecule has 1 aliphatic carbocycles. The van der Waals surface area contributed by atoms with Crippen molar-refractivity contribution < 1.29 is 9.59 Å². The van der Waals surface area contributed by atoms with Gasteiger partial charge < -0.3 is 5.32 Å². The number of aromatic nitrogens is 2. The van der Waals surface area contributed by atoms with Gasteiger partial charge in [0.2, 0.25) is 11.9 Å². The van der Waals surface area contributed by atoms with Crippen LogP contribution in [0.4, 0.5) is 5.95 Å². The second kappa shape index (κ2) is 11.7. The number of aryl methyl sites for hydroxylation is 1. The van der Waals surface area contributed by atoms with Crippen LogP contribution in [0.15, 0.2) is 52.9 Å². The molecule has 1 aromatic carbocycles. The third kappa shape index (κ3) is 6.99. The Bertz CT molecular complexity index is 905. The van der Waals surface area contributed by atoms with Crippen molar-refractivity contribution in [3.63, 3.8) is 0 Å². The third-order valence-electron chi connectivity index (χ3n) is 5.55. The van der Waals surface area contributed by atoms with Crippen LogP contribution in [0.1, 0.15) is 56.6 Å². The lowest BCUT2D eigenvalue weighted by Gasteiger charge is -2.17. The summed E-state index contributed by atoms with van der Waals surface area (Å²) in [4.78, 5) is 34.1. The highest BCUT2D eigenvalue weighted by Gasteiger charge is 2.24. The topological polar surface area (TPSA) is 84.0 Å². The lowest BCUT2D eigenvalue weighted by atomic mass is 9.99. The van der Waals surface area contributed by atoms with Crippen molar-refractivity contribution in [1.29, 1.82) is 0 Å². The number of halogens is 1. The van der Waals surface area contributed by atoms with E-state index in [-0.39, 0.29) is 23.5 Å². The summed E-state index contributed by atoms with van der Waals surface area (Å²) in [5.41, 5.74) is 2.51. The first-order valence-corrected chi connectivity index (χ1v) is 11.7. The van der Waals surface area contributed by atoms with Crippen molar-refractivity contribution >= 4 is 33.7 Å². The first-order chi connectivity index (χ1) is 15.1. The van der Waals surface area contributed by atoms with Gasteiger partial charge in [-0.05, 0) is 36.5 Å². The summed E-state index contributed by atoms with van der Waals surface area (Å²) in [6.07, 6.45) is 10.7. The molecule has 31 heavy (non-hydrogen) atoms. The zero-order valence-electron chi connectivity index (χ0n) is 17.9. The number of anilines is 1. The van der Waals surface area contributed by atoms with Crippen molar-refractivity contribution in [2.45, 2.75) is 58.3 Å². The van der Waals surface area contributed by atoms with Gasteiger partial charge in [0.05, 0.1) is 0 Å². The molecule has 2 N–H and O–H groups in total. The Morgan fingerprint density at radius 3 is 2.23 bits per heavy atom. The maximum Gasteiger partial charge on any atom is 0.275 e. The number of amides is 2. The third-order valence-corrected chi connectivity index (χ3v) is 6.23. The quantitative estimate of drug-likeness (QED) is 0.431. The average Bonchev–Trinajstić information content (AvgIpc) is 3.08. The van der Waals surface area contributed by atoms with Gasteiger partial charge in [-0.15, -0.1) is 0 Å². The maximum atomic E-state index is 13.0. The van der Waals surface area contributed by atoms with Crippen molar-refractivity contribution in [3.8, 4) is 0 Å². The zero-order chi connectivity index (χ0) is 22.1. The number of carbonyl (C=O) groups is 2. The van der Waals surface area contributed by atoms with E-state index in [1.165, 1.54) is 5.56 Å². The van der Waals surface area contributed by atoms with Gasteiger partial charge in [-0.25, -0.2) is 9.97 Å². The van der Waals surface area contributed by atoms with Gasteiger partial charge >= 0.3 is 0 Å². The molecule has 7 heteroatoms. The molecule has 1 heterocycles. The summed E-state index contributed by atoms with van der Waals surface area (Å²) in [6.45, 7) is 2.11. The highest BCUT2D eigenvalue weighted by molar-refractivity contribution is 9.11. The minimum atomic E-state index is -0.440. The molecule has 6 nitrogen and oxygen atoms in total. The van der Waals surface area contributed by atoms with Crippen LogP contribution in [-0.2, 0) is 22.4 Å². The predicted octanol–water partition coefficient (Wildman–Crippen LogP) is 4.91. The SMILES string of the molecule is CCc1ccc(C/C(Br)=C(\NC(=O)C2CCCCCC2)C(=O)Nc2ncccn2)cc1. The van der Waals surface area contributed by atoms with E-state index in [0.717, 1.165) is 50.5 Å². The second-order valence-electron chi connectivity index (χ2n) is 7.83. The summed E-state index contributed by atoms with van der Waals surface area (Å²) in [5, 5.41) is 5.59. The lowest BCUT2D eigenvalue weighted by Crippen LogP contribution is -2.36. The van der Waals surface area contributed by atoms with E-state index in [1.807, 2.05) is 12.1 Å². The number of allylic oxidation sites excluding steroid dienone is 1. The molecule has 1 aliphatic rings. The fourth-order valence-electron chi connectivity index (χ4n) is 3.70. The van der Waals surface area contributed by atoms with Crippen LogP contribution in [0.2, 0.25) is 0 Å². The summed E-state index contributed by atoms with van der Waals surface area (Å²) in [5.74, 6) is -0.409. The molecule has 0 bridgehead atoms. The molecule has 1 saturated carbocycles. The molecule has 0 saturated heterocycles.